The van der Waals surface area contributed by atoms with Gasteiger partial charge in [-0.25, -0.2) is 4.39 Å². The molecule has 4 nitrogen and oxygen atoms in total. The van der Waals surface area contributed by atoms with Crippen molar-refractivity contribution in [3.63, 3.8) is 0 Å². The summed E-state index contributed by atoms with van der Waals surface area (Å²) in [5, 5.41) is 11.7. The van der Waals surface area contributed by atoms with Gasteiger partial charge in [0.2, 0.25) is 0 Å². The maximum absolute atomic E-state index is 12.9. The van der Waals surface area contributed by atoms with Crippen LogP contribution >= 0.6 is 0 Å². The lowest BCUT2D eigenvalue weighted by molar-refractivity contribution is 0.287. The quantitative estimate of drug-likeness (QED) is 0.262. The molecule has 0 bridgehead atoms. The van der Waals surface area contributed by atoms with Crippen molar-refractivity contribution in [3.05, 3.63) is 30.1 Å². The molecule has 1 aromatic rings. The Labute approximate surface area is 113 Å². The summed E-state index contributed by atoms with van der Waals surface area (Å²) in [6.07, 6.45) is 2.52. The molecule has 0 saturated carbocycles. The second kappa shape index (κ2) is 6.97. The Morgan fingerprint density at radius 3 is 2.79 bits per heavy atom. The lowest BCUT2D eigenvalue weighted by atomic mass is 9.86. The number of unbranched alkanes of at least 4 members (excludes halogenated alkanes) is 1. The molecule has 3 N–H and O–H groups in total. The monoisotopic (exact) mass is 268 g/mol. The second-order valence-corrected chi connectivity index (χ2v) is 5.13. The first-order chi connectivity index (χ1) is 8.95. The average Bonchev–Trinajstić information content (AvgIpc) is 2.37. The highest BCUT2D eigenvalue weighted by Gasteiger charge is 2.22. The summed E-state index contributed by atoms with van der Waals surface area (Å²) in [4.78, 5) is 0. The maximum Gasteiger partial charge on any atom is 0.144 e. The van der Waals surface area contributed by atoms with E-state index in [-0.39, 0.29) is 17.1 Å². The van der Waals surface area contributed by atoms with E-state index in [1.807, 2.05) is 13.8 Å². The number of amidine groups is 1. The van der Waals surface area contributed by atoms with Gasteiger partial charge in [0.05, 0.1) is 6.61 Å². The van der Waals surface area contributed by atoms with Crippen LogP contribution in [0.4, 0.5) is 4.39 Å². The predicted molar refractivity (Wildman–Crippen MR) is 72.9 cm³/mol. The van der Waals surface area contributed by atoms with Gasteiger partial charge in [-0.05, 0) is 31.4 Å². The van der Waals surface area contributed by atoms with Gasteiger partial charge in [-0.1, -0.05) is 25.1 Å². The zero-order chi connectivity index (χ0) is 14.3. The van der Waals surface area contributed by atoms with Gasteiger partial charge in [0, 0.05) is 11.5 Å². The van der Waals surface area contributed by atoms with Gasteiger partial charge in [0.15, 0.2) is 0 Å². The molecule has 0 unspecified atom stereocenters. The molecule has 0 fully saturated rings. The molecule has 19 heavy (non-hydrogen) atoms. The summed E-state index contributed by atoms with van der Waals surface area (Å²) in [7, 11) is 0. The molecule has 106 valence electrons. The zero-order valence-corrected chi connectivity index (χ0v) is 11.4. The molecule has 1 aromatic carbocycles. The van der Waals surface area contributed by atoms with Gasteiger partial charge < -0.3 is 15.7 Å². The summed E-state index contributed by atoms with van der Waals surface area (Å²) in [5.74, 6) is 0.472. The third-order valence-electron chi connectivity index (χ3n) is 3.06. The molecule has 1 rings (SSSR count). The van der Waals surface area contributed by atoms with E-state index < -0.39 is 0 Å². The van der Waals surface area contributed by atoms with Crippen molar-refractivity contribution in [2.45, 2.75) is 33.1 Å². The number of hydrogen-bond donors (Lipinski definition) is 2. The fraction of sp³-hybridized carbons (Fsp3) is 0.500. The summed E-state index contributed by atoms with van der Waals surface area (Å²) < 4.78 is 18.3. The SMILES string of the molecule is CC(C)(CCCCOc1cccc(F)c1)/C(N)=N/O. The number of halogens is 1. The van der Waals surface area contributed by atoms with E-state index in [0.717, 1.165) is 19.3 Å². The Balaban J connectivity index is 2.25. The summed E-state index contributed by atoms with van der Waals surface area (Å²) in [6, 6.07) is 6.09. The molecule has 0 amide bonds. The van der Waals surface area contributed by atoms with Crippen LogP contribution in [0.2, 0.25) is 0 Å². The minimum Gasteiger partial charge on any atom is -0.493 e. The van der Waals surface area contributed by atoms with Crippen molar-refractivity contribution < 1.29 is 14.3 Å². The van der Waals surface area contributed by atoms with Crippen LogP contribution in [0.15, 0.2) is 29.4 Å². The molecule has 5 heteroatoms. The molecule has 0 spiro atoms. The van der Waals surface area contributed by atoms with Crippen molar-refractivity contribution in [2.75, 3.05) is 6.61 Å². The number of benzene rings is 1. The molecule has 0 aliphatic rings. The number of nitrogens with zero attached hydrogens (tertiary/aromatic N) is 1. The topological polar surface area (TPSA) is 67.8 Å². The Kier molecular flexibility index (Phi) is 5.60. The van der Waals surface area contributed by atoms with Crippen LogP contribution in [0.5, 0.6) is 5.75 Å². The fourth-order valence-corrected chi connectivity index (χ4v) is 1.68. The highest BCUT2D eigenvalue weighted by atomic mass is 19.1. The van der Waals surface area contributed by atoms with Crippen molar-refractivity contribution >= 4 is 5.84 Å². The van der Waals surface area contributed by atoms with Crippen molar-refractivity contribution in [1.82, 2.24) is 0 Å². The lowest BCUT2D eigenvalue weighted by Crippen LogP contribution is -2.31. The van der Waals surface area contributed by atoms with Crippen LogP contribution in [0.1, 0.15) is 33.1 Å². The molecule has 0 aliphatic carbocycles. The van der Waals surface area contributed by atoms with E-state index in [1.165, 1.54) is 12.1 Å². The van der Waals surface area contributed by atoms with E-state index in [0.29, 0.717) is 12.4 Å². The van der Waals surface area contributed by atoms with Crippen molar-refractivity contribution in [3.8, 4) is 5.75 Å². The zero-order valence-electron chi connectivity index (χ0n) is 11.4. The van der Waals surface area contributed by atoms with Gasteiger partial charge in [0.1, 0.15) is 17.4 Å². The molecular formula is C14H21FN2O2. The highest BCUT2D eigenvalue weighted by molar-refractivity contribution is 5.85. The van der Waals surface area contributed by atoms with Gasteiger partial charge in [0.25, 0.3) is 0 Å². The molecule has 0 radical (unpaired) electrons. The number of ether oxygens (including phenoxy) is 1. The smallest absolute Gasteiger partial charge is 0.144 e. The molecule has 0 aliphatic heterocycles. The van der Waals surface area contributed by atoms with E-state index >= 15 is 0 Å². The van der Waals surface area contributed by atoms with E-state index in [4.69, 9.17) is 15.7 Å². The molecule has 0 atom stereocenters. The minimum absolute atomic E-state index is 0.235. The van der Waals surface area contributed by atoms with E-state index in [9.17, 15) is 4.39 Å². The van der Waals surface area contributed by atoms with Crippen LogP contribution < -0.4 is 10.5 Å². The minimum atomic E-state index is -0.326. The fourth-order valence-electron chi connectivity index (χ4n) is 1.68. The van der Waals surface area contributed by atoms with Gasteiger partial charge >= 0.3 is 0 Å². The van der Waals surface area contributed by atoms with Crippen LogP contribution in [0.25, 0.3) is 0 Å². The Morgan fingerprint density at radius 1 is 1.42 bits per heavy atom. The third-order valence-corrected chi connectivity index (χ3v) is 3.06. The molecule has 0 saturated heterocycles. The second-order valence-electron chi connectivity index (χ2n) is 5.13. The van der Waals surface area contributed by atoms with Gasteiger partial charge in [-0.2, -0.15) is 0 Å². The predicted octanol–water partition coefficient (Wildman–Crippen LogP) is 3.15. The molecular weight excluding hydrogens is 247 g/mol. The number of rotatable bonds is 7. The summed E-state index contributed by atoms with van der Waals surface area (Å²) in [5.41, 5.74) is 5.27. The van der Waals surface area contributed by atoms with Crippen LogP contribution in [-0.4, -0.2) is 17.6 Å². The van der Waals surface area contributed by atoms with Crippen molar-refractivity contribution in [2.24, 2.45) is 16.3 Å². The summed E-state index contributed by atoms with van der Waals surface area (Å²) in [6.45, 7) is 4.38. The van der Waals surface area contributed by atoms with Crippen LogP contribution in [0.3, 0.4) is 0 Å². The largest absolute Gasteiger partial charge is 0.493 e. The number of oxime groups is 1. The van der Waals surface area contributed by atoms with Crippen LogP contribution in [-0.2, 0) is 0 Å². The standard InChI is InChI=1S/C14H21FN2O2/c1-14(2,13(16)17-18)8-3-4-9-19-12-7-5-6-11(15)10-12/h5-7,10,18H,3-4,8-9H2,1-2H3,(H2,16,17). The molecule has 0 heterocycles. The number of hydrogen-bond acceptors (Lipinski definition) is 3. The molecule has 0 aromatic heterocycles. The summed E-state index contributed by atoms with van der Waals surface area (Å²) >= 11 is 0. The average molecular weight is 268 g/mol. The maximum atomic E-state index is 12.9. The van der Waals surface area contributed by atoms with Crippen LogP contribution in [0, 0.1) is 11.2 Å². The first kappa shape index (κ1) is 15.3. The highest BCUT2D eigenvalue weighted by Crippen LogP contribution is 2.23. The van der Waals surface area contributed by atoms with Gasteiger partial charge in [-0.15, -0.1) is 0 Å². The van der Waals surface area contributed by atoms with Gasteiger partial charge in [-0.3, -0.25) is 0 Å². The Hall–Kier alpha value is -1.78. The first-order valence-corrected chi connectivity index (χ1v) is 6.32. The first-order valence-electron chi connectivity index (χ1n) is 6.32. The normalized spacial score (nSPS) is 12.5. The number of nitrogens with two attached hydrogens (primary N) is 1. The lowest BCUT2D eigenvalue weighted by Gasteiger charge is -2.22. The van der Waals surface area contributed by atoms with Crippen molar-refractivity contribution in [1.29, 1.82) is 0 Å². The Bertz CT molecular complexity index is 433. The van der Waals surface area contributed by atoms with E-state index in [1.54, 1.807) is 12.1 Å². The Morgan fingerprint density at radius 2 is 2.16 bits per heavy atom. The van der Waals surface area contributed by atoms with E-state index in [2.05, 4.69) is 5.16 Å². The third kappa shape index (κ3) is 5.16.